The van der Waals surface area contributed by atoms with Crippen molar-refractivity contribution < 1.29 is 18.1 Å². The molecule has 2 rings (SSSR count). The molecule has 0 atom stereocenters. The molecule has 1 amide bonds. The normalized spacial score (nSPS) is 10.4. The van der Waals surface area contributed by atoms with Gasteiger partial charge in [0, 0.05) is 12.5 Å². The third kappa shape index (κ3) is 2.88. The third-order valence-electron chi connectivity index (χ3n) is 2.43. The van der Waals surface area contributed by atoms with E-state index in [0.717, 1.165) is 12.1 Å². The smallest absolute Gasteiger partial charge is 0.251 e. The summed E-state index contributed by atoms with van der Waals surface area (Å²) in [5.41, 5.74) is 1.19. The van der Waals surface area contributed by atoms with Crippen LogP contribution in [-0.2, 0) is 6.54 Å². The van der Waals surface area contributed by atoms with Crippen molar-refractivity contribution in [1.82, 2.24) is 15.5 Å². The fourth-order valence-corrected chi connectivity index (χ4v) is 1.52. The van der Waals surface area contributed by atoms with Crippen molar-refractivity contribution in [2.24, 2.45) is 5.84 Å². The Labute approximate surface area is 112 Å². The minimum absolute atomic E-state index is 0.0176. The minimum atomic E-state index is -0.965. The third-order valence-corrected chi connectivity index (χ3v) is 2.43. The molecule has 0 bridgehead atoms. The zero-order valence-corrected chi connectivity index (χ0v) is 10.4. The molecule has 106 valence electrons. The number of carbonyl (C=O) groups is 1. The highest BCUT2D eigenvalue weighted by molar-refractivity contribution is 5.94. The first kappa shape index (κ1) is 13.9. The van der Waals surface area contributed by atoms with Crippen LogP contribution >= 0.6 is 0 Å². The summed E-state index contributed by atoms with van der Waals surface area (Å²) in [5, 5.41) is 5.98. The van der Waals surface area contributed by atoms with E-state index in [-0.39, 0.29) is 17.9 Å². The van der Waals surface area contributed by atoms with Crippen molar-refractivity contribution >= 4 is 11.6 Å². The molecule has 0 fully saturated rings. The van der Waals surface area contributed by atoms with E-state index in [1.165, 1.54) is 0 Å². The minimum Gasteiger partial charge on any atom is -0.345 e. The highest BCUT2D eigenvalue weighted by atomic mass is 19.1. The fraction of sp³-hybridized carbons (Fsp3) is 0.182. The van der Waals surface area contributed by atoms with Crippen LogP contribution in [0.1, 0.15) is 22.1 Å². The van der Waals surface area contributed by atoms with Gasteiger partial charge in [-0.3, -0.25) is 10.6 Å². The van der Waals surface area contributed by atoms with E-state index in [1.54, 1.807) is 6.92 Å². The lowest BCUT2D eigenvalue weighted by Crippen LogP contribution is -2.24. The Balaban J connectivity index is 2.09. The molecule has 0 aliphatic carbocycles. The van der Waals surface area contributed by atoms with E-state index in [2.05, 4.69) is 15.5 Å². The number of nitrogens with zero attached hydrogens (tertiary/aromatic N) is 2. The van der Waals surface area contributed by atoms with Crippen molar-refractivity contribution in [1.29, 1.82) is 0 Å². The molecule has 0 saturated heterocycles. The Morgan fingerprint density at radius 1 is 1.40 bits per heavy atom. The van der Waals surface area contributed by atoms with Gasteiger partial charge in [-0.2, -0.15) is 4.98 Å². The number of nitrogens with two attached hydrogens (primary N) is 1. The Morgan fingerprint density at radius 3 is 2.55 bits per heavy atom. The van der Waals surface area contributed by atoms with E-state index in [1.807, 2.05) is 5.43 Å². The number of nitrogens with one attached hydrogen (secondary N) is 2. The van der Waals surface area contributed by atoms with Gasteiger partial charge in [0.2, 0.25) is 5.89 Å². The Bertz CT molecular complexity index is 620. The van der Waals surface area contributed by atoms with Gasteiger partial charge in [-0.15, -0.1) is 0 Å². The standard InChI is InChI=1S/C11H11F2N5O2/c1-5-16-9(18-20-5)4-15-11(19)6-2-7(12)10(17-14)8(13)3-6/h2-3,17H,4,14H2,1H3,(H,15,19). The summed E-state index contributed by atoms with van der Waals surface area (Å²) in [7, 11) is 0. The molecular formula is C11H11F2N5O2. The lowest BCUT2D eigenvalue weighted by atomic mass is 10.1. The Kier molecular flexibility index (Phi) is 3.89. The van der Waals surface area contributed by atoms with Gasteiger partial charge in [-0.05, 0) is 12.1 Å². The van der Waals surface area contributed by atoms with E-state index in [4.69, 9.17) is 10.4 Å². The lowest BCUT2D eigenvalue weighted by molar-refractivity contribution is 0.0948. The van der Waals surface area contributed by atoms with Gasteiger partial charge in [0.1, 0.15) is 5.69 Å². The average Bonchev–Trinajstić information content (AvgIpc) is 2.81. The maximum Gasteiger partial charge on any atom is 0.251 e. The maximum atomic E-state index is 13.4. The summed E-state index contributed by atoms with van der Waals surface area (Å²) < 4.78 is 31.6. The fourth-order valence-electron chi connectivity index (χ4n) is 1.52. The van der Waals surface area contributed by atoms with E-state index in [0.29, 0.717) is 5.89 Å². The molecule has 0 saturated carbocycles. The van der Waals surface area contributed by atoms with Crippen molar-refractivity contribution in [2.75, 3.05) is 5.43 Å². The van der Waals surface area contributed by atoms with E-state index < -0.39 is 23.2 Å². The zero-order valence-electron chi connectivity index (χ0n) is 10.4. The number of hydrazine groups is 1. The first-order valence-electron chi connectivity index (χ1n) is 5.54. The molecule has 0 aliphatic heterocycles. The first-order valence-corrected chi connectivity index (χ1v) is 5.54. The molecular weight excluding hydrogens is 272 g/mol. The number of anilines is 1. The molecule has 20 heavy (non-hydrogen) atoms. The largest absolute Gasteiger partial charge is 0.345 e. The number of nitrogen functional groups attached to an aromatic ring is 1. The van der Waals surface area contributed by atoms with Crippen LogP contribution in [0.15, 0.2) is 16.7 Å². The van der Waals surface area contributed by atoms with Crippen molar-refractivity contribution in [2.45, 2.75) is 13.5 Å². The average molecular weight is 283 g/mol. The van der Waals surface area contributed by atoms with Crippen LogP contribution in [-0.4, -0.2) is 16.0 Å². The van der Waals surface area contributed by atoms with Gasteiger partial charge in [-0.25, -0.2) is 8.78 Å². The van der Waals surface area contributed by atoms with Crippen molar-refractivity contribution in [3.05, 3.63) is 41.0 Å². The number of hydrogen-bond donors (Lipinski definition) is 3. The van der Waals surface area contributed by atoms with Gasteiger partial charge < -0.3 is 15.3 Å². The van der Waals surface area contributed by atoms with Gasteiger partial charge in [-0.1, -0.05) is 5.16 Å². The lowest BCUT2D eigenvalue weighted by Gasteiger charge is -2.07. The summed E-state index contributed by atoms with van der Waals surface area (Å²) in [6.45, 7) is 1.58. The predicted octanol–water partition coefficient (Wildman–Crippen LogP) is 0.872. The molecule has 0 spiro atoms. The molecule has 0 radical (unpaired) electrons. The van der Waals surface area contributed by atoms with Crippen molar-refractivity contribution in [3.63, 3.8) is 0 Å². The topological polar surface area (TPSA) is 106 Å². The Hall–Kier alpha value is -2.55. The molecule has 1 aromatic heterocycles. The molecule has 4 N–H and O–H groups in total. The number of amides is 1. The first-order chi connectivity index (χ1) is 9.51. The zero-order chi connectivity index (χ0) is 14.7. The number of hydrogen-bond acceptors (Lipinski definition) is 6. The van der Waals surface area contributed by atoms with Crippen LogP contribution < -0.4 is 16.6 Å². The predicted molar refractivity (Wildman–Crippen MR) is 64.4 cm³/mol. The second kappa shape index (κ2) is 5.61. The van der Waals surface area contributed by atoms with Gasteiger partial charge >= 0.3 is 0 Å². The number of aromatic nitrogens is 2. The molecule has 0 unspecified atom stereocenters. The summed E-state index contributed by atoms with van der Waals surface area (Å²) in [6.07, 6.45) is 0. The van der Waals surface area contributed by atoms with E-state index >= 15 is 0 Å². The molecule has 0 aliphatic rings. The summed E-state index contributed by atoms with van der Waals surface area (Å²) in [4.78, 5) is 15.6. The van der Waals surface area contributed by atoms with Gasteiger partial charge in [0.05, 0.1) is 6.54 Å². The van der Waals surface area contributed by atoms with Crippen LogP contribution in [0.2, 0.25) is 0 Å². The monoisotopic (exact) mass is 283 g/mol. The number of aryl methyl sites for hydroxylation is 1. The summed E-state index contributed by atoms with van der Waals surface area (Å²) in [6, 6.07) is 1.74. The summed E-state index contributed by atoms with van der Waals surface area (Å²) >= 11 is 0. The highest BCUT2D eigenvalue weighted by Crippen LogP contribution is 2.19. The molecule has 1 aromatic carbocycles. The van der Waals surface area contributed by atoms with Crippen molar-refractivity contribution in [3.8, 4) is 0 Å². The van der Waals surface area contributed by atoms with E-state index in [9.17, 15) is 13.6 Å². The quantitative estimate of drug-likeness (QED) is 0.568. The second-order valence-corrected chi connectivity index (χ2v) is 3.87. The van der Waals surface area contributed by atoms with Gasteiger partial charge in [0.15, 0.2) is 17.5 Å². The number of rotatable bonds is 4. The number of halogens is 2. The molecule has 2 aromatic rings. The maximum absolute atomic E-state index is 13.4. The van der Waals surface area contributed by atoms with Crippen LogP contribution in [0.3, 0.4) is 0 Å². The number of benzene rings is 1. The van der Waals surface area contributed by atoms with Crippen LogP contribution in [0.4, 0.5) is 14.5 Å². The summed E-state index contributed by atoms with van der Waals surface area (Å²) in [5.74, 6) is 2.97. The second-order valence-electron chi connectivity index (χ2n) is 3.87. The van der Waals surface area contributed by atoms with Crippen LogP contribution in [0.5, 0.6) is 0 Å². The SMILES string of the molecule is Cc1nc(CNC(=O)c2cc(F)c(NN)c(F)c2)no1. The van der Waals surface area contributed by atoms with Gasteiger partial charge in [0.25, 0.3) is 5.91 Å². The van der Waals surface area contributed by atoms with Crippen LogP contribution in [0, 0.1) is 18.6 Å². The highest BCUT2D eigenvalue weighted by Gasteiger charge is 2.15. The number of carbonyl (C=O) groups excluding carboxylic acids is 1. The molecule has 9 heteroatoms. The molecule has 7 nitrogen and oxygen atoms in total. The Morgan fingerprint density at radius 2 is 2.05 bits per heavy atom. The van der Waals surface area contributed by atoms with Crippen LogP contribution in [0.25, 0.3) is 0 Å². The molecule has 1 heterocycles.